The van der Waals surface area contributed by atoms with Crippen LogP contribution in [0.2, 0.25) is 0 Å². The van der Waals surface area contributed by atoms with Crippen molar-refractivity contribution in [1.82, 2.24) is 14.8 Å². The zero-order chi connectivity index (χ0) is 19.3. The predicted octanol–water partition coefficient (Wildman–Crippen LogP) is 2.50. The highest BCUT2D eigenvalue weighted by Gasteiger charge is 2.55. The van der Waals surface area contributed by atoms with Crippen molar-refractivity contribution in [1.29, 1.82) is 0 Å². The molecule has 0 spiro atoms. The van der Waals surface area contributed by atoms with Crippen LogP contribution in [0.5, 0.6) is 11.5 Å². The summed E-state index contributed by atoms with van der Waals surface area (Å²) in [5, 5.41) is 10.2. The minimum Gasteiger partial charge on any atom is -0.505 e. The number of hydrogen-bond acceptors (Lipinski definition) is 5. The number of carbonyl (C=O) groups is 1. The number of ether oxygens (including phenoxy) is 1. The molecule has 4 saturated heterocycles. The standard InChI is InChI=1S/C22H25N3O3/c1-28-16-5-2-4-15(12-16)17-13-25(22(27)19-18(26)6-3-9-23-19)20-14-7-10-24(11-8-14)21(17)20/h2-6,9,12,14,17,20-21,26H,7-8,10-11,13H2,1H3/t17-,20-,21-/m1/s1. The van der Waals surface area contributed by atoms with Crippen molar-refractivity contribution < 1.29 is 14.6 Å². The number of benzene rings is 1. The zero-order valence-electron chi connectivity index (χ0n) is 16.0. The summed E-state index contributed by atoms with van der Waals surface area (Å²) < 4.78 is 5.43. The predicted molar refractivity (Wildman–Crippen MR) is 105 cm³/mol. The van der Waals surface area contributed by atoms with Crippen molar-refractivity contribution in [2.75, 3.05) is 26.7 Å². The van der Waals surface area contributed by atoms with Crippen molar-refractivity contribution in [2.45, 2.75) is 30.8 Å². The molecule has 2 aromatic rings. The topological polar surface area (TPSA) is 65.9 Å². The van der Waals surface area contributed by atoms with Crippen LogP contribution in [0.25, 0.3) is 0 Å². The third kappa shape index (κ3) is 2.66. The second-order valence-corrected chi connectivity index (χ2v) is 8.07. The Bertz CT molecular complexity index is 894. The third-order valence-corrected chi connectivity index (χ3v) is 6.77. The number of nitrogens with zero attached hydrogens (tertiary/aromatic N) is 3. The number of pyridine rings is 1. The number of hydrogen-bond donors (Lipinski definition) is 1. The average molecular weight is 379 g/mol. The molecule has 28 heavy (non-hydrogen) atoms. The van der Waals surface area contributed by atoms with E-state index in [0.717, 1.165) is 31.7 Å². The lowest BCUT2D eigenvalue weighted by atomic mass is 9.75. The van der Waals surface area contributed by atoms with E-state index >= 15 is 0 Å². The largest absolute Gasteiger partial charge is 0.505 e. The molecule has 3 atom stereocenters. The Hall–Kier alpha value is -2.60. The van der Waals surface area contributed by atoms with Gasteiger partial charge in [0.25, 0.3) is 5.91 Å². The molecule has 0 saturated carbocycles. The Morgan fingerprint density at radius 2 is 2.00 bits per heavy atom. The van der Waals surface area contributed by atoms with E-state index in [0.29, 0.717) is 18.5 Å². The maximum atomic E-state index is 13.4. The van der Waals surface area contributed by atoms with E-state index in [4.69, 9.17) is 4.74 Å². The molecule has 0 unspecified atom stereocenters. The third-order valence-electron chi connectivity index (χ3n) is 6.77. The first-order valence-electron chi connectivity index (χ1n) is 10.0. The molecule has 0 radical (unpaired) electrons. The monoisotopic (exact) mass is 379 g/mol. The van der Waals surface area contributed by atoms with Crippen LogP contribution in [0.3, 0.4) is 0 Å². The van der Waals surface area contributed by atoms with Crippen LogP contribution in [0.1, 0.15) is 34.8 Å². The molecule has 4 aliphatic heterocycles. The highest BCUT2D eigenvalue weighted by atomic mass is 16.5. The Morgan fingerprint density at radius 1 is 1.18 bits per heavy atom. The SMILES string of the molecule is COc1cccc([C@H]2CN(C(=O)c3ncccc3O)[C@@H]3C4CCN(CC4)[C@H]23)c1. The van der Waals surface area contributed by atoms with E-state index in [1.165, 1.54) is 11.6 Å². The molecule has 1 aromatic carbocycles. The summed E-state index contributed by atoms with van der Waals surface area (Å²) in [5.74, 6) is 1.39. The molecule has 2 bridgehead atoms. The first kappa shape index (κ1) is 17.5. The Labute approximate surface area is 164 Å². The molecule has 4 aliphatic rings. The van der Waals surface area contributed by atoms with Crippen LogP contribution in [0, 0.1) is 5.92 Å². The van der Waals surface area contributed by atoms with Gasteiger partial charge in [-0.1, -0.05) is 12.1 Å². The average Bonchev–Trinajstić information content (AvgIpc) is 3.17. The molecule has 0 aliphatic carbocycles. The summed E-state index contributed by atoms with van der Waals surface area (Å²) in [6, 6.07) is 11.9. The van der Waals surface area contributed by atoms with Gasteiger partial charge in [0.1, 0.15) is 11.5 Å². The number of methoxy groups -OCH3 is 1. The van der Waals surface area contributed by atoms with E-state index in [9.17, 15) is 9.90 Å². The number of amides is 1. The van der Waals surface area contributed by atoms with Gasteiger partial charge in [0.15, 0.2) is 5.69 Å². The Kier molecular flexibility index (Phi) is 4.23. The number of carbonyl (C=O) groups excluding carboxylic acids is 1. The first-order valence-corrected chi connectivity index (χ1v) is 10.0. The van der Waals surface area contributed by atoms with Gasteiger partial charge in [-0.05, 0) is 61.7 Å². The highest BCUT2D eigenvalue weighted by molar-refractivity contribution is 5.95. The maximum absolute atomic E-state index is 13.4. The van der Waals surface area contributed by atoms with E-state index in [1.807, 2.05) is 17.0 Å². The summed E-state index contributed by atoms with van der Waals surface area (Å²) in [4.78, 5) is 22.1. The van der Waals surface area contributed by atoms with Crippen LogP contribution in [0.15, 0.2) is 42.6 Å². The van der Waals surface area contributed by atoms with Crippen LogP contribution >= 0.6 is 0 Å². The maximum Gasteiger partial charge on any atom is 0.276 e. The van der Waals surface area contributed by atoms with Gasteiger partial charge in [0, 0.05) is 24.7 Å². The van der Waals surface area contributed by atoms with Crippen molar-refractivity contribution >= 4 is 5.91 Å². The van der Waals surface area contributed by atoms with Crippen molar-refractivity contribution in [2.24, 2.45) is 5.92 Å². The Balaban J connectivity index is 1.54. The van der Waals surface area contributed by atoms with Crippen LogP contribution in [-0.4, -0.2) is 64.6 Å². The van der Waals surface area contributed by atoms with Crippen molar-refractivity contribution in [3.63, 3.8) is 0 Å². The van der Waals surface area contributed by atoms with Gasteiger partial charge in [-0.25, -0.2) is 4.98 Å². The van der Waals surface area contributed by atoms with Gasteiger partial charge in [0.2, 0.25) is 0 Å². The fourth-order valence-corrected chi connectivity index (χ4v) is 5.52. The molecule has 4 fully saturated rings. The molecule has 146 valence electrons. The van der Waals surface area contributed by atoms with E-state index < -0.39 is 0 Å². The quantitative estimate of drug-likeness (QED) is 0.888. The molecule has 6 rings (SSSR count). The Morgan fingerprint density at radius 3 is 2.75 bits per heavy atom. The number of aromatic nitrogens is 1. The second-order valence-electron chi connectivity index (χ2n) is 8.07. The lowest BCUT2D eigenvalue weighted by molar-refractivity contribution is -0.00367. The van der Waals surface area contributed by atoms with Crippen molar-refractivity contribution in [3.8, 4) is 11.5 Å². The van der Waals surface area contributed by atoms with Gasteiger partial charge >= 0.3 is 0 Å². The first-order chi connectivity index (χ1) is 13.7. The van der Waals surface area contributed by atoms with E-state index in [1.54, 1.807) is 19.4 Å². The number of likely N-dealkylation sites (tertiary alicyclic amines) is 1. The fourth-order valence-electron chi connectivity index (χ4n) is 5.52. The van der Waals surface area contributed by atoms with Gasteiger partial charge < -0.3 is 14.7 Å². The summed E-state index contributed by atoms with van der Waals surface area (Å²) in [7, 11) is 1.68. The minimum absolute atomic E-state index is 0.0462. The molecule has 5 heterocycles. The van der Waals surface area contributed by atoms with Crippen LogP contribution in [-0.2, 0) is 0 Å². The summed E-state index contributed by atoms with van der Waals surface area (Å²) >= 11 is 0. The lowest BCUT2D eigenvalue weighted by Crippen LogP contribution is -2.60. The molecular weight excluding hydrogens is 354 g/mol. The van der Waals surface area contributed by atoms with E-state index in [-0.39, 0.29) is 29.3 Å². The normalized spacial score (nSPS) is 30.9. The van der Waals surface area contributed by atoms with Crippen LogP contribution < -0.4 is 4.74 Å². The van der Waals surface area contributed by atoms with Gasteiger partial charge in [-0.2, -0.15) is 0 Å². The summed E-state index contributed by atoms with van der Waals surface area (Å²) in [5.41, 5.74) is 1.37. The molecule has 1 aromatic heterocycles. The second kappa shape index (κ2) is 6.78. The van der Waals surface area contributed by atoms with Gasteiger partial charge in [-0.15, -0.1) is 0 Å². The van der Waals surface area contributed by atoms with Gasteiger partial charge in [0.05, 0.1) is 13.2 Å². The summed E-state index contributed by atoms with van der Waals surface area (Å²) in [6.45, 7) is 2.84. The fraction of sp³-hybridized carbons (Fsp3) is 0.455. The molecule has 6 nitrogen and oxygen atoms in total. The minimum atomic E-state index is -0.160. The lowest BCUT2D eigenvalue weighted by Gasteiger charge is -2.51. The molecule has 6 heteroatoms. The van der Waals surface area contributed by atoms with Crippen molar-refractivity contribution in [3.05, 3.63) is 53.9 Å². The smallest absolute Gasteiger partial charge is 0.276 e. The summed E-state index contributed by atoms with van der Waals surface area (Å²) in [6.07, 6.45) is 3.82. The van der Waals surface area contributed by atoms with Crippen LogP contribution in [0.4, 0.5) is 0 Å². The molecule has 1 N–H and O–H groups in total. The zero-order valence-corrected chi connectivity index (χ0v) is 16.0. The molecule has 1 amide bonds. The number of piperidine rings is 3. The molecular formula is C22H25N3O3. The number of rotatable bonds is 3. The van der Waals surface area contributed by atoms with E-state index in [2.05, 4.69) is 22.0 Å². The van der Waals surface area contributed by atoms with Gasteiger partial charge in [-0.3, -0.25) is 9.69 Å². The highest BCUT2D eigenvalue weighted by Crippen LogP contribution is 2.47. The number of fused-ring (bicyclic) bond motifs is 2. The number of aromatic hydroxyl groups is 1.